The van der Waals surface area contributed by atoms with E-state index >= 15 is 0 Å². The van der Waals surface area contributed by atoms with E-state index in [1.165, 1.54) is 6.08 Å². The van der Waals surface area contributed by atoms with E-state index in [0.717, 1.165) is 5.57 Å². The highest BCUT2D eigenvalue weighted by molar-refractivity contribution is 6.18. The number of nitrogens with zero attached hydrogens (tertiary/aromatic N) is 1. The highest BCUT2D eigenvalue weighted by Crippen LogP contribution is 2.18. The molecule has 2 aliphatic rings. The fourth-order valence-electron chi connectivity index (χ4n) is 1.34. The Morgan fingerprint density at radius 3 is 3.00 bits per heavy atom. The highest BCUT2D eigenvalue weighted by atomic mass is 16.2. The van der Waals surface area contributed by atoms with Gasteiger partial charge >= 0.3 is 0 Å². The van der Waals surface area contributed by atoms with Crippen molar-refractivity contribution in [1.29, 1.82) is 0 Å². The van der Waals surface area contributed by atoms with Crippen LogP contribution in [0.5, 0.6) is 0 Å². The molecule has 0 aliphatic carbocycles. The minimum atomic E-state index is -0.386. The van der Waals surface area contributed by atoms with E-state index in [1.807, 2.05) is 0 Å². The Hall–Kier alpha value is -1.65. The summed E-state index contributed by atoms with van der Waals surface area (Å²) in [5, 5.41) is 6.17. The first kappa shape index (κ1) is 7.02. The molecule has 0 saturated carbocycles. The van der Waals surface area contributed by atoms with Gasteiger partial charge in [0, 0.05) is 6.08 Å². The Morgan fingerprint density at radius 2 is 2.25 bits per heavy atom. The smallest absolute Gasteiger partial charge is 0.255 e. The lowest BCUT2D eigenvalue weighted by atomic mass is 9.96. The lowest BCUT2D eigenvalue weighted by molar-refractivity contribution is -0.121. The lowest BCUT2D eigenvalue weighted by Crippen LogP contribution is -2.40. The largest absolute Gasteiger partial charge is 0.308 e. The molecular weight excluding hydrogens is 158 g/mol. The second kappa shape index (κ2) is 2.17. The van der Waals surface area contributed by atoms with Gasteiger partial charge in [0.2, 0.25) is 5.91 Å². The Morgan fingerprint density at radius 1 is 1.50 bits per heavy atom. The van der Waals surface area contributed by atoms with Crippen LogP contribution in [0.1, 0.15) is 6.92 Å². The number of rotatable bonds is 0. The molecule has 2 rings (SSSR count). The van der Waals surface area contributed by atoms with Gasteiger partial charge in [-0.15, -0.1) is 0 Å². The molecule has 0 aromatic heterocycles. The normalized spacial score (nSPS) is 26.9. The summed E-state index contributed by atoms with van der Waals surface area (Å²) >= 11 is 0. The molecule has 0 bridgehead atoms. The maximum Gasteiger partial charge on any atom is 0.255 e. The number of amidine groups is 1. The third kappa shape index (κ3) is 0.827. The van der Waals surface area contributed by atoms with E-state index in [-0.39, 0.29) is 17.7 Å². The third-order valence-corrected chi connectivity index (χ3v) is 1.89. The third-order valence-electron chi connectivity index (χ3n) is 1.89. The first-order valence-electron chi connectivity index (χ1n) is 3.55. The number of carbonyl (C=O) groups excluding carboxylic acids is 2. The van der Waals surface area contributed by atoms with Gasteiger partial charge in [0.15, 0.2) is 0 Å². The Labute approximate surface area is 68.5 Å². The van der Waals surface area contributed by atoms with Crippen LogP contribution in [0, 0.1) is 5.92 Å². The topological polar surface area (TPSA) is 70.6 Å². The van der Waals surface area contributed by atoms with Crippen LogP contribution in [0.3, 0.4) is 0 Å². The summed E-state index contributed by atoms with van der Waals surface area (Å²) < 4.78 is 0. The SMILES string of the molecule is CC1=CC(=O)NC2=NNC(=O)C12. The van der Waals surface area contributed by atoms with Gasteiger partial charge in [-0.3, -0.25) is 9.59 Å². The predicted molar refractivity (Wildman–Crippen MR) is 41.0 cm³/mol. The van der Waals surface area contributed by atoms with Gasteiger partial charge in [-0.1, -0.05) is 0 Å². The van der Waals surface area contributed by atoms with Crippen LogP contribution in [-0.2, 0) is 9.59 Å². The maximum atomic E-state index is 11.1. The van der Waals surface area contributed by atoms with Gasteiger partial charge in [0.1, 0.15) is 11.8 Å². The minimum Gasteiger partial charge on any atom is -0.308 e. The molecule has 2 N–H and O–H groups in total. The number of fused-ring (bicyclic) bond motifs is 1. The van der Waals surface area contributed by atoms with Crippen molar-refractivity contribution in [3.63, 3.8) is 0 Å². The molecule has 0 aromatic carbocycles. The van der Waals surface area contributed by atoms with E-state index in [1.54, 1.807) is 6.92 Å². The quantitative estimate of drug-likeness (QED) is 0.489. The van der Waals surface area contributed by atoms with Crippen molar-refractivity contribution in [3.8, 4) is 0 Å². The molecule has 1 atom stereocenters. The minimum absolute atomic E-state index is 0.182. The van der Waals surface area contributed by atoms with E-state index in [0.29, 0.717) is 5.84 Å². The van der Waals surface area contributed by atoms with Crippen LogP contribution in [0.15, 0.2) is 16.8 Å². The molecular formula is C7H7N3O2. The van der Waals surface area contributed by atoms with Crippen molar-refractivity contribution in [2.75, 3.05) is 0 Å². The van der Waals surface area contributed by atoms with Crippen LogP contribution in [0.25, 0.3) is 0 Å². The second-order valence-electron chi connectivity index (χ2n) is 2.78. The molecule has 0 aromatic rings. The molecule has 1 unspecified atom stereocenters. The zero-order valence-corrected chi connectivity index (χ0v) is 6.42. The van der Waals surface area contributed by atoms with Gasteiger partial charge in [-0.2, -0.15) is 5.10 Å². The van der Waals surface area contributed by atoms with Gasteiger partial charge in [-0.05, 0) is 12.5 Å². The van der Waals surface area contributed by atoms with Crippen LogP contribution >= 0.6 is 0 Å². The predicted octanol–water partition coefficient (Wildman–Crippen LogP) is -0.878. The fourth-order valence-corrected chi connectivity index (χ4v) is 1.34. The highest BCUT2D eigenvalue weighted by Gasteiger charge is 2.35. The van der Waals surface area contributed by atoms with Crippen LogP contribution in [-0.4, -0.2) is 17.6 Å². The second-order valence-corrected chi connectivity index (χ2v) is 2.78. The van der Waals surface area contributed by atoms with E-state index in [2.05, 4.69) is 15.8 Å². The number of hydrogen-bond acceptors (Lipinski definition) is 3. The van der Waals surface area contributed by atoms with Crippen LogP contribution in [0.4, 0.5) is 0 Å². The molecule has 5 heteroatoms. The molecule has 2 aliphatic heterocycles. The van der Waals surface area contributed by atoms with Crippen molar-refractivity contribution >= 4 is 17.6 Å². The summed E-state index contributed by atoms with van der Waals surface area (Å²) in [6.45, 7) is 1.74. The first-order chi connectivity index (χ1) is 5.68. The monoisotopic (exact) mass is 165 g/mol. The maximum absolute atomic E-state index is 11.1. The van der Waals surface area contributed by atoms with Crippen molar-refractivity contribution < 1.29 is 9.59 Å². The van der Waals surface area contributed by atoms with Gasteiger partial charge < -0.3 is 5.32 Å². The summed E-state index contributed by atoms with van der Waals surface area (Å²) in [4.78, 5) is 22.0. The molecule has 0 fully saturated rings. The zero-order chi connectivity index (χ0) is 8.72. The van der Waals surface area contributed by atoms with Gasteiger partial charge in [0.05, 0.1) is 0 Å². The summed E-state index contributed by atoms with van der Waals surface area (Å²) in [6.07, 6.45) is 1.41. The number of hydrogen-bond donors (Lipinski definition) is 2. The van der Waals surface area contributed by atoms with Crippen molar-refractivity contribution in [2.45, 2.75) is 6.92 Å². The molecule has 5 nitrogen and oxygen atoms in total. The van der Waals surface area contributed by atoms with Crippen LogP contribution in [0.2, 0.25) is 0 Å². The van der Waals surface area contributed by atoms with Gasteiger partial charge in [-0.25, -0.2) is 5.43 Å². The summed E-state index contributed by atoms with van der Waals surface area (Å²) in [7, 11) is 0. The summed E-state index contributed by atoms with van der Waals surface area (Å²) in [6, 6.07) is 0. The number of hydrazone groups is 1. The average molecular weight is 165 g/mol. The fraction of sp³-hybridized carbons (Fsp3) is 0.286. The molecule has 62 valence electrons. The molecule has 0 saturated heterocycles. The van der Waals surface area contributed by atoms with Crippen molar-refractivity contribution in [1.82, 2.24) is 10.7 Å². The van der Waals surface area contributed by atoms with Crippen molar-refractivity contribution in [3.05, 3.63) is 11.6 Å². The van der Waals surface area contributed by atoms with E-state index in [4.69, 9.17) is 0 Å². The Kier molecular flexibility index (Phi) is 1.27. The molecule has 0 radical (unpaired) electrons. The molecule has 0 spiro atoms. The summed E-state index contributed by atoms with van der Waals surface area (Å²) in [5.41, 5.74) is 3.04. The Balaban J connectivity index is 2.43. The van der Waals surface area contributed by atoms with Crippen LogP contribution < -0.4 is 10.7 Å². The standard InChI is InChI=1S/C7H7N3O2/c1-3-2-4(11)8-6-5(3)7(12)10-9-6/h2,5H,1H3,(H,10,12)(H,8,9,11). The summed E-state index contributed by atoms with van der Waals surface area (Å²) in [5.74, 6) is -0.384. The molecule has 2 heterocycles. The molecule has 2 amide bonds. The van der Waals surface area contributed by atoms with E-state index < -0.39 is 0 Å². The zero-order valence-electron chi connectivity index (χ0n) is 6.42. The first-order valence-corrected chi connectivity index (χ1v) is 3.55. The number of nitrogens with one attached hydrogen (secondary N) is 2. The molecule has 12 heavy (non-hydrogen) atoms. The number of carbonyl (C=O) groups is 2. The van der Waals surface area contributed by atoms with E-state index in [9.17, 15) is 9.59 Å². The van der Waals surface area contributed by atoms with Gasteiger partial charge in [0.25, 0.3) is 5.91 Å². The average Bonchev–Trinajstić information content (AvgIpc) is 2.31. The Bertz CT molecular complexity index is 328. The number of amides is 2. The lowest BCUT2D eigenvalue weighted by Gasteiger charge is -2.15. The van der Waals surface area contributed by atoms with Crippen molar-refractivity contribution in [2.24, 2.45) is 11.0 Å².